The van der Waals surface area contributed by atoms with Gasteiger partial charge in [-0.15, -0.1) is 0 Å². The van der Waals surface area contributed by atoms with Crippen molar-refractivity contribution in [2.45, 2.75) is 0 Å². The fourth-order valence-corrected chi connectivity index (χ4v) is 3.52. The van der Waals surface area contributed by atoms with Gasteiger partial charge in [0.25, 0.3) is 0 Å². The van der Waals surface area contributed by atoms with Crippen LogP contribution < -0.4 is 0 Å². The van der Waals surface area contributed by atoms with Gasteiger partial charge in [0.2, 0.25) is 0 Å². The van der Waals surface area contributed by atoms with Gasteiger partial charge in [-0.05, 0) is 0 Å². The van der Waals surface area contributed by atoms with Gasteiger partial charge in [-0.3, -0.25) is 0 Å². The molecule has 2 aliphatic rings. The van der Waals surface area contributed by atoms with E-state index < -0.39 is 0 Å². The molecule has 2 aliphatic heterocycles. The maximum atomic E-state index is 12.0. The average Bonchev–Trinajstić information content (AvgIpc) is 2.30. The average molecular weight is 232 g/mol. The lowest BCUT2D eigenvalue weighted by atomic mass is 10.4. The van der Waals surface area contributed by atoms with Crippen molar-refractivity contribution in [3.05, 3.63) is 0 Å². The van der Waals surface area contributed by atoms with E-state index in [9.17, 15) is 4.79 Å². The molecular weight excluding hydrogens is 216 g/mol. The molecule has 0 unspecified atom stereocenters. The molecule has 0 spiro atoms. The van der Waals surface area contributed by atoms with Crippen molar-refractivity contribution in [1.82, 2.24) is 9.80 Å². The van der Waals surface area contributed by atoms with Gasteiger partial charge in [0.05, 0.1) is 0 Å². The third-order valence-electron chi connectivity index (χ3n) is 2.56. The monoisotopic (exact) mass is 232 g/mol. The molecule has 3 nitrogen and oxygen atoms in total. The molecule has 0 aromatic heterocycles. The van der Waals surface area contributed by atoms with Crippen molar-refractivity contribution < 1.29 is 4.79 Å². The van der Waals surface area contributed by atoms with E-state index in [0.717, 1.165) is 49.2 Å². The SMILES string of the molecule is O=C(N1CCSCC1)N1CCSCC1. The minimum atomic E-state index is 0.269. The Morgan fingerprint density at radius 2 is 1.14 bits per heavy atom. The van der Waals surface area contributed by atoms with Gasteiger partial charge < -0.3 is 9.80 Å². The number of hydrogen-bond acceptors (Lipinski definition) is 3. The zero-order valence-corrected chi connectivity index (χ0v) is 9.91. The number of rotatable bonds is 0. The van der Waals surface area contributed by atoms with Crippen LogP contribution in [-0.2, 0) is 0 Å². The fraction of sp³-hybridized carbons (Fsp3) is 0.889. The van der Waals surface area contributed by atoms with Crippen LogP contribution in [0.25, 0.3) is 0 Å². The quantitative estimate of drug-likeness (QED) is 0.627. The molecule has 80 valence electrons. The Labute approximate surface area is 93.6 Å². The minimum absolute atomic E-state index is 0.269. The molecule has 0 atom stereocenters. The highest BCUT2D eigenvalue weighted by molar-refractivity contribution is 7.99. The van der Waals surface area contributed by atoms with E-state index in [-0.39, 0.29) is 6.03 Å². The first kappa shape index (κ1) is 10.5. The van der Waals surface area contributed by atoms with Gasteiger partial charge in [0.15, 0.2) is 0 Å². The van der Waals surface area contributed by atoms with Crippen molar-refractivity contribution in [2.24, 2.45) is 0 Å². The molecule has 5 heteroatoms. The Balaban J connectivity index is 1.85. The molecule has 0 bridgehead atoms. The number of carbonyl (C=O) groups is 1. The lowest BCUT2D eigenvalue weighted by molar-refractivity contribution is 0.162. The highest BCUT2D eigenvalue weighted by Crippen LogP contribution is 2.14. The standard InChI is InChI=1S/C9H16N2OS2/c12-9(10-1-5-13-6-2-10)11-3-7-14-8-4-11/h1-8H2. The Morgan fingerprint density at radius 3 is 1.50 bits per heavy atom. The van der Waals surface area contributed by atoms with Crippen LogP contribution in [0.4, 0.5) is 4.79 Å². The molecule has 2 amide bonds. The van der Waals surface area contributed by atoms with Crippen LogP contribution in [0.3, 0.4) is 0 Å². The Hall–Kier alpha value is -0.0300. The van der Waals surface area contributed by atoms with E-state index in [1.165, 1.54) is 0 Å². The second kappa shape index (κ2) is 5.16. The summed E-state index contributed by atoms with van der Waals surface area (Å²) < 4.78 is 0. The Morgan fingerprint density at radius 1 is 0.786 bits per heavy atom. The summed E-state index contributed by atoms with van der Waals surface area (Å²) in [6.07, 6.45) is 0. The number of carbonyl (C=O) groups excluding carboxylic acids is 1. The van der Waals surface area contributed by atoms with Crippen molar-refractivity contribution in [1.29, 1.82) is 0 Å². The van der Waals surface area contributed by atoms with Crippen molar-refractivity contribution >= 4 is 29.6 Å². The molecular formula is C9H16N2OS2. The van der Waals surface area contributed by atoms with Crippen LogP contribution in [0.5, 0.6) is 0 Å². The summed E-state index contributed by atoms with van der Waals surface area (Å²) in [6, 6.07) is 0.269. The topological polar surface area (TPSA) is 23.6 Å². The van der Waals surface area contributed by atoms with Crippen LogP contribution in [0.2, 0.25) is 0 Å². The third-order valence-corrected chi connectivity index (χ3v) is 4.45. The molecule has 2 rings (SSSR count). The first-order chi connectivity index (χ1) is 6.88. The number of amides is 2. The second-order valence-electron chi connectivity index (χ2n) is 3.48. The largest absolute Gasteiger partial charge is 0.323 e. The molecule has 0 radical (unpaired) electrons. The van der Waals surface area contributed by atoms with Gasteiger partial charge in [-0.2, -0.15) is 23.5 Å². The Kier molecular flexibility index (Phi) is 3.87. The van der Waals surface area contributed by atoms with Crippen LogP contribution in [0.15, 0.2) is 0 Å². The van der Waals surface area contributed by atoms with Crippen LogP contribution in [0.1, 0.15) is 0 Å². The zero-order valence-electron chi connectivity index (χ0n) is 8.28. The maximum Gasteiger partial charge on any atom is 0.320 e. The van der Waals surface area contributed by atoms with Crippen molar-refractivity contribution in [3.8, 4) is 0 Å². The smallest absolute Gasteiger partial charge is 0.320 e. The molecule has 0 aromatic rings. The number of urea groups is 1. The van der Waals surface area contributed by atoms with E-state index in [1.54, 1.807) is 0 Å². The van der Waals surface area contributed by atoms with Gasteiger partial charge in [0.1, 0.15) is 0 Å². The van der Waals surface area contributed by atoms with Gasteiger partial charge in [-0.25, -0.2) is 4.79 Å². The third kappa shape index (κ3) is 2.51. The molecule has 2 fully saturated rings. The van der Waals surface area contributed by atoms with Crippen LogP contribution in [0, 0.1) is 0 Å². The van der Waals surface area contributed by atoms with Crippen molar-refractivity contribution in [3.63, 3.8) is 0 Å². The van der Waals surface area contributed by atoms with E-state index in [0.29, 0.717) is 0 Å². The molecule has 0 aliphatic carbocycles. The normalized spacial score (nSPS) is 23.7. The molecule has 14 heavy (non-hydrogen) atoms. The summed E-state index contributed by atoms with van der Waals surface area (Å²) >= 11 is 3.89. The first-order valence-corrected chi connectivity index (χ1v) is 7.38. The summed E-state index contributed by atoms with van der Waals surface area (Å²) in [5.74, 6) is 4.42. The molecule has 0 N–H and O–H groups in total. The molecule has 2 heterocycles. The number of nitrogens with zero attached hydrogens (tertiary/aromatic N) is 2. The molecule has 0 saturated carbocycles. The summed E-state index contributed by atoms with van der Waals surface area (Å²) in [4.78, 5) is 16.0. The van der Waals surface area contributed by atoms with Crippen LogP contribution in [-0.4, -0.2) is 65.0 Å². The predicted molar refractivity (Wildman–Crippen MR) is 63.2 cm³/mol. The zero-order chi connectivity index (χ0) is 9.80. The second-order valence-corrected chi connectivity index (χ2v) is 5.93. The van der Waals surface area contributed by atoms with E-state index in [2.05, 4.69) is 0 Å². The van der Waals surface area contributed by atoms with E-state index in [1.807, 2.05) is 33.3 Å². The number of thioether (sulfide) groups is 2. The van der Waals surface area contributed by atoms with Gasteiger partial charge >= 0.3 is 6.03 Å². The summed E-state index contributed by atoms with van der Waals surface area (Å²) in [7, 11) is 0. The first-order valence-electron chi connectivity index (χ1n) is 5.07. The van der Waals surface area contributed by atoms with Gasteiger partial charge in [0, 0.05) is 49.2 Å². The highest BCUT2D eigenvalue weighted by Gasteiger charge is 2.23. The van der Waals surface area contributed by atoms with Crippen LogP contribution >= 0.6 is 23.5 Å². The lowest BCUT2D eigenvalue weighted by Gasteiger charge is -2.34. The van der Waals surface area contributed by atoms with Gasteiger partial charge in [-0.1, -0.05) is 0 Å². The summed E-state index contributed by atoms with van der Waals surface area (Å²) in [6.45, 7) is 3.75. The summed E-state index contributed by atoms with van der Waals surface area (Å²) in [5.41, 5.74) is 0. The molecule has 2 saturated heterocycles. The molecule has 0 aromatic carbocycles. The minimum Gasteiger partial charge on any atom is -0.323 e. The van der Waals surface area contributed by atoms with Crippen molar-refractivity contribution in [2.75, 3.05) is 49.2 Å². The lowest BCUT2D eigenvalue weighted by Crippen LogP contribution is -2.49. The summed E-state index contributed by atoms with van der Waals surface area (Å²) in [5, 5.41) is 0. The Bertz CT molecular complexity index is 181. The van der Waals surface area contributed by atoms with E-state index in [4.69, 9.17) is 0 Å². The number of hydrogen-bond donors (Lipinski definition) is 0. The van der Waals surface area contributed by atoms with E-state index >= 15 is 0 Å². The fourth-order valence-electron chi connectivity index (χ4n) is 1.71. The maximum absolute atomic E-state index is 12.0. The highest BCUT2D eigenvalue weighted by atomic mass is 32.2. The predicted octanol–water partition coefficient (Wildman–Crippen LogP) is 1.20.